The molecule has 170 valence electrons. The Morgan fingerprint density at radius 3 is 2.56 bits per heavy atom. The summed E-state index contributed by atoms with van der Waals surface area (Å²) in [6, 6.07) is 11.4. The molecule has 1 saturated heterocycles. The number of piperidine rings is 1. The van der Waals surface area contributed by atoms with Crippen LogP contribution in [0.15, 0.2) is 41.2 Å². The molecule has 1 N–H and O–H groups in total. The van der Waals surface area contributed by atoms with Gasteiger partial charge in [0, 0.05) is 43.4 Å². The zero-order valence-electron chi connectivity index (χ0n) is 18.9. The number of benzene rings is 1. The van der Waals surface area contributed by atoms with Crippen molar-refractivity contribution in [1.82, 2.24) is 9.47 Å². The van der Waals surface area contributed by atoms with E-state index in [9.17, 15) is 9.59 Å². The van der Waals surface area contributed by atoms with E-state index in [1.807, 2.05) is 39.8 Å². The van der Waals surface area contributed by atoms with Gasteiger partial charge in [-0.05, 0) is 67.5 Å². The molecular weight excluding hydrogens is 402 g/mol. The third-order valence-electron chi connectivity index (χ3n) is 7.53. The number of hydrogen-bond donors (Lipinski definition) is 1. The smallest absolute Gasteiger partial charge is 0.274 e. The van der Waals surface area contributed by atoms with Crippen LogP contribution in [0.1, 0.15) is 60.5 Å². The molecule has 2 bridgehead atoms. The Morgan fingerprint density at radius 1 is 1.03 bits per heavy atom. The van der Waals surface area contributed by atoms with Crippen LogP contribution in [-0.2, 0) is 6.54 Å². The molecule has 1 aromatic heterocycles. The number of methoxy groups -OCH3 is 1. The molecule has 2 aromatic rings. The van der Waals surface area contributed by atoms with Crippen molar-refractivity contribution in [3.63, 3.8) is 0 Å². The molecule has 1 saturated carbocycles. The molecule has 32 heavy (non-hydrogen) atoms. The summed E-state index contributed by atoms with van der Waals surface area (Å²) in [5, 5.41) is 3.45. The average molecular weight is 436 g/mol. The average Bonchev–Trinajstić information content (AvgIpc) is 2.84. The second kappa shape index (κ2) is 9.00. The number of ether oxygens (including phenoxy) is 1. The van der Waals surface area contributed by atoms with Crippen LogP contribution in [0.2, 0.25) is 0 Å². The van der Waals surface area contributed by atoms with Crippen LogP contribution in [0.4, 0.5) is 5.69 Å². The van der Waals surface area contributed by atoms with Gasteiger partial charge >= 0.3 is 0 Å². The fraction of sp³-hybridized carbons (Fsp3) is 0.538. The van der Waals surface area contributed by atoms with Crippen molar-refractivity contribution in [3.8, 4) is 5.75 Å². The summed E-state index contributed by atoms with van der Waals surface area (Å²) in [6.45, 7) is 2.95. The van der Waals surface area contributed by atoms with Crippen LogP contribution in [0.25, 0.3) is 0 Å². The molecule has 2 aliphatic heterocycles. The number of anilines is 1. The maximum absolute atomic E-state index is 13.2. The summed E-state index contributed by atoms with van der Waals surface area (Å²) < 4.78 is 7.17. The summed E-state index contributed by atoms with van der Waals surface area (Å²) in [4.78, 5) is 28.3. The number of nitrogens with one attached hydrogen (secondary N) is 1. The van der Waals surface area contributed by atoms with E-state index >= 15 is 0 Å². The molecule has 3 aliphatic rings. The van der Waals surface area contributed by atoms with E-state index in [0.717, 1.165) is 30.1 Å². The van der Waals surface area contributed by atoms with Crippen molar-refractivity contribution in [2.75, 3.05) is 32.1 Å². The molecule has 1 aromatic carbocycles. The molecule has 0 unspecified atom stereocenters. The SMILES string of the molecule is COc1ccc(C(=O)N2C[C@H]3C[C@H](C2)c2ccc(NCC4CCCCC4)c(=O)n2C3)cc1. The lowest BCUT2D eigenvalue weighted by Gasteiger charge is -2.43. The predicted molar refractivity (Wildman–Crippen MR) is 126 cm³/mol. The first-order chi connectivity index (χ1) is 15.6. The number of amides is 1. The Hall–Kier alpha value is -2.76. The van der Waals surface area contributed by atoms with Gasteiger partial charge in [-0.2, -0.15) is 0 Å². The molecule has 5 rings (SSSR count). The van der Waals surface area contributed by atoms with Crippen molar-refractivity contribution in [2.24, 2.45) is 11.8 Å². The van der Waals surface area contributed by atoms with Crippen molar-refractivity contribution in [2.45, 2.75) is 51.0 Å². The largest absolute Gasteiger partial charge is 0.497 e. The molecule has 1 aliphatic carbocycles. The van der Waals surface area contributed by atoms with Gasteiger partial charge in [0.05, 0.1) is 7.11 Å². The number of rotatable bonds is 5. The Bertz CT molecular complexity index is 1020. The van der Waals surface area contributed by atoms with Crippen molar-refractivity contribution >= 4 is 11.6 Å². The minimum Gasteiger partial charge on any atom is -0.497 e. The second-order valence-corrected chi connectivity index (χ2v) is 9.71. The Labute approximate surface area is 189 Å². The second-order valence-electron chi connectivity index (χ2n) is 9.71. The van der Waals surface area contributed by atoms with Gasteiger partial charge in [-0.1, -0.05) is 19.3 Å². The van der Waals surface area contributed by atoms with E-state index in [2.05, 4.69) is 11.4 Å². The highest BCUT2D eigenvalue weighted by atomic mass is 16.5. The Kier molecular flexibility index (Phi) is 5.94. The van der Waals surface area contributed by atoms with Crippen LogP contribution in [0.5, 0.6) is 5.75 Å². The van der Waals surface area contributed by atoms with Gasteiger partial charge in [-0.15, -0.1) is 0 Å². The van der Waals surface area contributed by atoms with E-state index in [4.69, 9.17) is 4.74 Å². The lowest BCUT2D eigenvalue weighted by molar-refractivity contribution is 0.0594. The third-order valence-corrected chi connectivity index (χ3v) is 7.53. The molecule has 6 nitrogen and oxygen atoms in total. The molecule has 2 atom stereocenters. The molecule has 0 radical (unpaired) electrons. The van der Waals surface area contributed by atoms with Crippen LogP contribution in [-0.4, -0.2) is 42.1 Å². The van der Waals surface area contributed by atoms with Gasteiger partial charge < -0.3 is 19.5 Å². The Morgan fingerprint density at radius 2 is 1.81 bits per heavy atom. The first kappa shape index (κ1) is 21.1. The van der Waals surface area contributed by atoms with Gasteiger partial charge in [-0.25, -0.2) is 0 Å². The number of likely N-dealkylation sites (tertiary alicyclic amines) is 1. The van der Waals surface area contributed by atoms with E-state index in [1.165, 1.54) is 32.1 Å². The van der Waals surface area contributed by atoms with Gasteiger partial charge in [0.1, 0.15) is 11.4 Å². The monoisotopic (exact) mass is 435 g/mol. The zero-order chi connectivity index (χ0) is 22.1. The molecule has 1 amide bonds. The fourth-order valence-corrected chi connectivity index (χ4v) is 5.81. The van der Waals surface area contributed by atoms with Crippen LogP contribution < -0.4 is 15.6 Å². The highest BCUT2D eigenvalue weighted by Crippen LogP contribution is 2.36. The Balaban J connectivity index is 1.30. The predicted octanol–water partition coefficient (Wildman–Crippen LogP) is 4.11. The van der Waals surface area contributed by atoms with Crippen LogP contribution in [0, 0.1) is 11.8 Å². The number of carbonyl (C=O) groups is 1. The fourth-order valence-electron chi connectivity index (χ4n) is 5.81. The molecule has 6 heteroatoms. The quantitative estimate of drug-likeness (QED) is 0.768. The van der Waals surface area contributed by atoms with Gasteiger partial charge in [-0.3, -0.25) is 9.59 Å². The van der Waals surface area contributed by atoms with Crippen LogP contribution >= 0.6 is 0 Å². The first-order valence-electron chi connectivity index (χ1n) is 12.0. The summed E-state index contributed by atoms with van der Waals surface area (Å²) in [6.07, 6.45) is 7.54. The minimum absolute atomic E-state index is 0.0592. The normalized spacial score (nSPS) is 22.8. The van der Waals surface area contributed by atoms with Gasteiger partial charge in [0.15, 0.2) is 0 Å². The molecule has 0 spiro atoms. The van der Waals surface area contributed by atoms with Crippen LogP contribution in [0.3, 0.4) is 0 Å². The lowest BCUT2D eigenvalue weighted by atomic mass is 9.83. The number of pyridine rings is 1. The molecule has 2 fully saturated rings. The highest BCUT2D eigenvalue weighted by molar-refractivity contribution is 5.94. The summed E-state index contributed by atoms with van der Waals surface area (Å²) in [5.41, 5.74) is 2.58. The summed E-state index contributed by atoms with van der Waals surface area (Å²) >= 11 is 0. The molecular formula is C26H33N3O3. The molecule has 3 heterocycles. The van der Waals surface area contributed by atoms with E-state index in [-0.39, 0.29) is 17.4 Å². The maximum atomic E-state index is 13.2. The van der Waals surface area contributed by atoms with Gasteiger partial charge in [0.25, 0.3) is 11.5 Å². The third kappa shape index (κ3) is 4.15. The number of aromatic nitrogens is 1. The number of nitrogens with zero attached hydrogens (tertiary/aromatic N) is 2. The topological polar surface area (TPSA) is 63.6 Å². The van der Waals surface area contributed by atoms with Crippen molar-refractivity contribution in [3.05, 3.63) is 58.0 Å². The number of fused-ring (bicyclic) bond motifs is 4. The van der Waals surface area contributed by atoms with Gasteiger partial charge in [0.2, 0.25) is 0 Å². The van der Waals surface area contributed by atoms with Crippen molar-refractivity contribution in [1.29, 1.82) is 0 Å². The summed E-state index contributed by atoms with van der Waals surface area (Å²) in [5.74, 6) is 2.02. The minimum atomic E-state index is 0.0592. The van der Waals surface area contributed by atoms with Crippen molar-refractivity contribution < 1.29 is 9.53 Å². The number of hydrogen-bond acceptors (Lipinski definition) is 4. The number of carbonyl (C=O) groups excluding carboxylic acids is 1. The van der Waals surface area contributed by atoms with E-state index in [0.29, 0.717) is 37.0 Å². The highest BCUT2D eigenvalue weighted by Gasteiger charge is 2.37. The lowest BCUT2D eigenvalue weighted by Crippen LogP contribution is -2.49. The summed E-state index contributed by atoms with van der Waals surface area (Å²) in [7, 11) is 1.62. The maximum Gasteiger partial charge on any atom is 0.274 e. The standard InChI is InChI=1S/C26H33N3O3/c1-32-22-9-7-20(8-10-22)25(30)28-15-19-13-21(17-28)24-12-11-23(26(31)29(24)16-19)27-14-18-5-3-2-4-6-18/h7-12,18-19,21,27H,2-6,13-17H2,1H3/t19-,21-/m1/s1. The first-order valence-corrected chi connectivity index (χ1v) is 12.0. The zero-order valence-corrected chi connectivity index (χ0v) is 18.9. The van der Waals surface area contributed by atoms with E-state index in [1.54, 1.807) is 7.11 Å². The van der Waals surface area contributed by atoms with E-state index < -0.39 is 0 Å².